The van der Waals surface area contributed by atoms with Gasteiger partial charge in [-0.1, -0.05) is 69.6 Å². The predicted molar refractivity (Wildman–Crippen MR) is 132 cm³/mol. The molecule has 5 aromatic rings. The molecule has 0 fully saturated rings. The maximum absolute atomic E-state index is 6.32. The lowest BCUT2D eigenvalue weighted by Gasteiger charge is -2.22. The summed E-state index contributed by atoms with van der Waals surface area (Å²) in [5.74, 6) is 0. The molecule has 0 N–H and O–H groups in total. The molecule has 1 aliphatic rings. The molecule has 0 aliphatic heterocycles. The van der Waals surface area contributed by atoms with Gasteiger partial charge in [-0.3, -0.25) is 0 Å². The molecule has 0 amide bonds. The van der Waals surface area contributed by atoms with Gasteiger partial charge in [0, 0.05) is 15.8 Å². The second-order valence-corrected chi connectivity index (χ2v) is 10.8. The maximum atomic E-state index is 6.32. The van der Waals surface area contributed by atoms with Crippen molar-refractivity contribution in [1.29, 1.82) is 0 Å². The number of fused-ring (bicyclic) bond motifs is 5. The first-order valence-electron chi connectivity index (χ1n) is 10.9. The molecule has 6 rings (SSSR count). The largest absolute Gasteiger partial charge is 0.456 e. The summed E-state index contributed by atoms with van der Waals surface area (Å²) in [7, 11) is 0. The van der Waals surface area contributed by atoms with Crippen LogP contribution in [0.3, 0.4) is 0 Å². The third-order valence-corrected chi connectivity index (χ3v) is 7.34. The van der Waals surface area contributed by atoms with Crippen LogP contribution in [0.2, 0.25) is 5.02 Å². The van der Waals surface area contributed by atoms with Crippen molar-refractivity contribution in [1.82, 2.24) is 0 Å². The fourth-order valence-electron chi connectivity index (χ4n) is 5.90. The maximum Gasteiger partial charge on any atom is 0.135 e. The van der Waals surface area contributed by atoms with Crippen molar-refractivity contribution in [2.24, 2.45) is 0 Å². The Hall–Kier alpha value is -2.77. The van der Waals surface area contributed by atoms with Crippen molar-refractivity contribution in [3.8, 4) is 11.1 Å². The molecule has 1 nitrogen and oxygen atoms in total. The van der Waals surface area contributed by atoms with Crippen molar-refractivity contribution >= 4 is 44.3 Å². The average Bonchev–Trinajstić information content (AvgIpc) is 3.16. The highest BCUT2D eigenvalue weighted by Gasteiger charge is 2.42. The van der Waals surface area contributed by atoms with Gasteiger partial charge in [-0.25, -0.2) is 0 Å². The average molecular weight is 425 g/mol. The second-order valence-electron chi connectivity index (χ2n) is 10.3. The number of furan rings is 1. The van der Waals surface area contributed by atoms with Crippen LogP contribution in [0.15, 0.2) is 71.1 Å². The molecule has 0 radical (unpaired) electrons. The Balaban J connectivity index is 1.62. The van der Waals surface area contributed by atoms with Crippen LogP contribution in [-0.4, -0.2) is 0 Å². The van der Waals surface area contributed by atoms with Gasteiger partial charge in [0.1, 0.15) is 11.2 Å². The summed E-state index contributed by atoms with van der Waals surface area (Å²) < 4.78 is 6.32. The number of benzene rings is 4. The molecular weight excluding hydrogens is 400 g/mol. The molecule has 1 aliphatic carbocycles. The van der Waals surface area contributed by atoms with Gasteiger partial charge in [-0.05, 0) is 86.7 Å². The van der Waals surface area contributed by atoms with E-state index in [1.807, 2.05) is 6.07 Å². The molecular formula is C29H25ClO. The van der Waals surface area contributed by atoms with E-state index in [0.29, 0.717) is 0 Å². The lowest BCUT2D eigenvalue weighted by atomic mass is 9.82. The van der Waals surface area contributed by atoms with Crippen LogP contribution in [0.1, 0.15) is 45.2 Å². The minimum absolute atomic E-state index is 0.166. The standard InChI is InChI=1S/C29H25ClO/c1-28(2)16-29(3,4)25-15-27-23(14-24(25)28)22-12-18(9-11-26(22)31-27)20-7-5-6-17-8-10-19(30)13-21(17)20/h5-15H,16H2,1-4H3. The molecule has 0 spiro atoms. The van der Waals surface area contributed by atoms with E-state index in [-0.39, 0.29) is 10.8 Å². The number of hydrogen-bond donors (Lipinski definition) is 0. The van der Waals surface area contributed by atoms with Crippen LogP contribution in [0.5, 0.6) is 0 Å². The van der Waals surface area contributed by atoms with Crippen LogP contribution in [0.4, 0.5) is 0 Å². The summed E-state index contributed by atoms with van der Waals surface area (Å²) in [5.41, 5.74) is 7.51. The number of halogens is 1. The Labute approximate surface area is 187 Å². The van der Waals surface area contributed by atoms with Gasteiger partial charge in [0.05, 0.1) is 0 Å². The van der Waals surface area contributed by atoms with E-state index >= 15 is 0 Å². The first-order chi connectivity index (χ1) is 14.7. The van der Waals surface area contributed by atoms with Gasteiger partial charge < -0.3 is 4.42 Å². The zero-order valence-electron chi connectivity index (χ0n) is 18.3. The zero-order chi connectivity index (χ0) is 21.5. The van der Waals surface area contributed by atoms with Crippen LogP contribution in [-0.2, 0) is 10.8 Å². The van der Waals surface area contributed by atoms with E-state index in [0.717, 1.165) is 22.6 Å². The van der Waals surface area contributed by atoms with E-state index in [1.165, 1.54) is 43.8 Å². The van der Waals surface area contributed by atoms with Gasteiger partial charge >= 0.3 is 0 Å². The summed E-state index contributed by atoms with van der Waals surface area (Å²) >= 11 is 6.32. The summed E-state index contributed by atoms with van der Waals surface area (Å²) in [6, 6.07) is 23.7. The summed E-state index contributed by atoms with van der Waals surface area (Å²) in [4.78, 5) is 0. The first kappa shape index (κ1) is 19.0. The van der Waals surface area contributed by atoms with Crippen LogP contribution in [0, 0.1) is 0 Å². The van der Waals surface area contributed by atoms with Crippen molar-refractivity contribution in [2.75, 3.05) is 0 Å². The quantitative estimate of drug-likeness (QED) is 0.261. The monoisotopic (exact) mass is 424 g/mol. The second kappa shape index (κ2) is 6.14. The van der Waals surface area contributed by atoms with Crippen molar-refractivity contribution in [3.05, 3.63) is 82.9 Å². The minimum atomic E-state index is 0.166. The lowest BCUT2D eigenvalue weighted by Crippen LogP contribution is -2.17. The van der Waals surface area contributed by atoms with Crippen LogP contribution >= 0.6 is 11.6 Å². The highest BCUT2D eigenvalue weighted by atomic mass is 35.5. The van der Waals surface area contributed by atoms with E-state index in [2.05, 4.69) is 88.4 Å². The Bertz CT molecular complexity index is 1520. The highest BCUT2D eigenvalue weighted by Crippen LogP contribution is 2.51. The molecule has 0 unspecified atom stereocenters. The normalized spacial score (nSPS) is 16.9. The summed E-state index contributed by atoms with van der Waals surface area (Å²) in [6.07, 6.45) is 1.15. The predicted octanol–water partition coefficient (Wildman–Crippen LogP) is 9.02. The Morgan fingerprint density at radius 2 is 1.45 bits per heavy atom. The minimum Gasteiger partial charge on any atom is -0.456 e. The molecule has 31 heavy (non-hydrogen) atoms. The SMILES string of the molecule is CC1(C)CC(C)(C)c2cc3c(cc21)oc1ccc(-c2cccc4ccc(Cl)cc24)cc13. The lowest BCUT2D eigenvalue weighted by molar-refractivity contribution is 0.403. The molecule has 0 saturated carbocycles. The van der Waals surface area contributed by atoms with E-state index in [4.69, 9.17) is 16.0 Å². The number of rotatable bonds is 1. The van der Waals surface area contributed by atoms with Gasteiger partial charge in [-0.2, -0.15) is 0 Å². The molecule has 1 heterocycles. The van der Waals surface area contributed by atoms with E-state index in [1.54, 1.807) is 0 Å². The van der Waals surface area contributed by atoms with Crippen LogP contribution < -0.4 is 0 Å². The van der Waals surface area contributed by atoms with E-state index in [9.17, 15) is 0 Å². The molecule has 0 atom stereocenters. The van der Waals surface area contributed by atoms with Crippen molar-refractivity contribution in [2.45, 2.75) is 44.9 Å². The smallest absolute Gasteiger partial charge is 0.135 e. The summed E-state index contributed by atoms with van der Waals surface area (Å²) in [5, 5.41) is 5.51. The van der Waals surface area contributed by atoms with Crippen molar-refractivity contribution < 1.29 is 4.42 Å². The molecule has 0 bridgehead atoms. The van der Waals surface area contributed by atoms with Crippen LogP contribution in [0.25, 0.3) is 43.8 Å². The molecule has 0 saturated heterocycles. The van der Waals surface area contributed by atoms with E-state index < -0.39 is 0 Å². The Kier molecular flexibility index (Phi) is 3.76. The zero-order valence-corrected chi connectivity index (χ0v) is 19.1. The number of hydrogen-bond acceptors (Lipinski definition) is 1. The summed E-state index contributed by atoms with van der Waals surface area (Å²) in [6.45, 7) is 9.41. The van der Waals surface area contributed by atoms with Gasteiger partial charge in [0.2, 0.25) is 0 Å². The first-order valence-corrected chi connectivity index (χ1v) is 11.3. The molecule has 154 valence electrons. The molecule has 2 heteroatoms. The van der Waals surface area contributed by atoms with Gasteiger partial charge in [-0.15, -0.1) is 0 Å². The third-order valence-electron chi connectivity index (χ3n) is 7.11. The van der Waals surface area contributed by atoms with Gasteiger partial charge in [0.25, 0.3) is 0 Å². The molecule has 4 aromatic carbocycles. The van der Waals surface area contributed by atoms with Crippen molar-refractivity contribution in [3.63, 3.8) is 0 Å². The highest BCUT2D eigenvalue weighted by molar-refractivity contribution is 6.31. The fourth-order valence-corrected chi connectivity index (χ4v) is 6.07. The third kappa shape index (κ3) is 2.76. The Morgan fingerprint density at radius 3 is 2.26 bits per heavy atom. The fraction of sp³-hybridized carbons (Fsp3) is 0.241. The Morgan fingerprint density at radius 1 is 0.710 bits per heavy atom. The van der Waals surface area contributed by atoms with Gasteiger partial charge in [0.15, 0.2) is 0 Å². The molecule has 1 aromatic heterocycles. The topological polar surface area (TPSA) is 13.1 Å².